The van der Waals surface area contributed by atoms with Gasteiger partial charge in [0.15, 0.2) is 0 Å². The van der Waals surface area contributed by atoms with Gasteiger partial charge in [-0.1, -0.05) is 12.8 Å². The molecule has 2 rings (SSSR count). The molecule has 2 fully saturated rings. The molecule has 1 aliphatic carbocycles. The van der Waals surface area contributed by atoms with Gasteiger partial charge >= 0.3 is 0 Å². The number of carbonyl (C=O) groups is 1. The third kappa shape index (κ3) is 3.20. The van der Waals surface area contributed by atoms with Crippen molar-refractivity contribution in [1.29, 1.82) is 0 Å². The molecule has 1 saturated heterocycles. The molecule has 3 nitrogen and oxygen atoms in total. The Morgan fingerprint density at radius 1 is 1.13 bits per heavy atom. The molecule has 1 N–H and O–H groups in total. The maximum absolute atomic E-state index is 11.7. The number of hydrogen-bond acceptors (Lipinski definition) is 2. The van der Waals surface area contributed by atoms with E-state index in [4.69, 9.17) is 0 Å². The number of hydrogen-bond donors (Lipinski definition) is 1. The van der Waals surface area contributed by atoms with Crippen LogP contribution in [-0.2, 0) is 4.79 Å². The molecular weight excluding hydrogens is 188 g/mol. The smallest absolute Gasteiger partial charge is 0.236 e. The van der Waals surface area contributed by atoms with Crippen molar-refractivity contribution in [2.24, 2.45) is 5.92 Å². The maximum Gasteiger partial charge on any atom is 0.236 e. The zero-order chi connectivity index (χ0) is 10.5. The van der Waals surface area contributed by atoms with Crippen molar-refractivity contribution in [3.8, 4) is 0 Å². The van der Waals surface area contributed by atoms with Gasteiger partial charge in [-0.15, -0.1) is 0 Å². The van der Waals surface area contributed by atoms with Crippen LogP contribution in [0.25, 0.3) is 0 Å². The quantitative estimate of drug-likeness (QED) is 0.760. The van der Waals surface area contributed by atoms with Crippen LogP contribution in [0.2, 0.25) is 0 Å². The summed E-state index contributed by atoms with van der Waals surface area (Å²) in [6.45, 7) is 3.55. The average Bonchev–Trinajstić information content (AvgIpc) is 2.90. The van der Waals surface area contributed by atoms with E-state index in [0.717, 1.165) is 25.6 Å². The average molecular weight is 210 g/mol. The Kier molecular flexibility index (Phi) is 4.01. The minimum Gasteiger partial charge on any atom is -0.342 e. The third-order valence-electron chi connectivity index (χ3n) is 3.64. The van der Waals surface area contributed by atoms with E-state index in [-0.39, 0.29) is 0 Å². The molecule has 3 heteroatoms. The Morgan fingerprint density at radius 2 is 1.80 bits per heavy atom. The molecule has 1 heterocycles. The van der Waals surface area contributed by atoms with Gasteiger partial charge in [0, 0.05) is 13.1 Å². The first-order valence-corrected chi connectivity index (χ1v) is 6.35. The summed E-state index contributed by atoms with van der Waals surface area (Å²) in [7, 11) is 0. The van der Waals surface area contributed by atoms with Crippen LogP contribution >= 0.6 is 0 Å². The van der Waals surface area contributed by atoms with Crippen LogP contribution < -0.4 is 5.32 Å². The van der Waals surface area contributed by atoms with Crippen molar-refractivity contribution in [3.63, 3.8) is 0 Å². The minimum absolute atomic E-state index is 0.297. The van der Waals surface area contributed by atoms with Crippen LogP contribution in [0.3, 0.4) is 0 Å². The SMILES string of the molecule is O=C(CNCC1CCCC1)N1CCCC1. The summed E-state index contributed by atoms with van der Waals surface area (Å²) in [6, 6.07) is 0. The second kappa shape index (κ2) is 5.50. The molecule has 2 aliphatic rings. The number of nitrogens with zero attached hydrogens (tertiary/aromatic N) is 1. The summed E-state index contributed by atoms with van der Waals surface area (Å²) >= 11 is 0. The third-order valence-corrected chi connectivity index (χ3v) is 3.64. The standard InChI is InChI=1S/C12H22N2O/c15-12(14-7-3-4-8-14)10-13-9-11-5-1-2-6-11/h11,13H,1-10H2. The lowest BCUT2D eigenvalue weighted by molar-refractivity contribution is -0.129. The van der Waals surface area contributed by atoms with Crippen LogP contribution in [0.15, 0.2) is 0 Å². The van der Waals surface area contributed by atoms with E-state index in [2.05, 4.69) is 5.32 Å². The van der Waals surface area contributed by atoms with Crippen molar-refractivity contribution >= 4 is 5.91 Å². The van der Waals surface area contributed by atoms with Crippen molar-refractivity contribution in [1.82, 2.24) is 10.2 Å². The Balaban J connectivity index is 1.58. The molecule has 1 aliphatic heterocycles. The molecule has 86 valence electrons. The Bertz CT molecular complexity index is 206. The van der Waals surface area contributed by atoms with Gasteiger partial charge < -0.3 is 10.2 Å². The lowest BCUT2D eigenvalue weighted by Gasteiger charge is -2.16. The number of likely N-dealkylation sites (tertiary alicyclic amines) is 1. The highest BCUT2D eigenvalue weighted by molar-refractivity contribution is 5.78. The largest absolute Gasteiger partial charge is 0.342 e. The summed E-state index contributed by atoms with van der Waals surface area (Å²) < 4.78 is 0. The molecule has 1 amide bonds. The Labute approximate surface area is 92.2 Å². The summed E-state index contributed by atoms with van der Waals surface area (Å²) in [6.07, 6.45) is 7.84. The molecule has 0 aromatic carbocycles. The normalized spacial score (nSPS) is 22.5. The summed E-state index contributed by atoms with van der Waals surface area (Å²) in [5.74, 6) is 1.13. The Hall–Kier alpha value is -0.570. The second-order valence-corrected chi connectivity index (χ2v) is 4.87. The molecule has 0 radical (unpaired) electrons. The second-order valence-electron chi connectivity index (χ2n) is 4.87. The predicted molar refractivity (Wildman–Crippen MR) is 60.6 cm³/mol. The Morgan fingerprint density at radius 3 is 2.47 bits per heavy atom. The van der Waals surface area contributed by atoms with Crippen LogP contribution in [0.1, 0.15) is 38.5 Å². The number of nitrogens with one attached hydrogen (secondary N) is 1. The zero-order valence-electron chi connectivity index (χ0n) is 9.50. The van der Waals surface area contributed by atoms with E-state index in [1.165, 1.54) is 38.5 Å². The fourth-order valence-electron chi connectivity index (χ4n) is 2.68. The van der Waals surface area contributed by atoms with Gasteiger partial charge in [-0.05, 0) is 38.1 Å². The molecular formula is C12H22N2O. The molecule has 0 aromatic rings. The van der Waals surface area contributed by atoms with Crippen LogP contribution in [0, 0.1) is 5.92 Å². The van der Waals surface area contributed by atoms with Gasteiger partial charge in [0.2, 0.25) is 5.91 Å². The monoisotopic (exact) mass is 210 g/mol. The van der Waals surface area contributed by atoms with Gasteiger partial charge in [0.05, 0.1) is 6.54 Å². The van der Waals surface area contributed by atoms with E-state index < -0.39 is 0 Å². The first-order chi connectivity index (χ1) is 7.36. The molecule has 1 saturated carbocycles. The highest BCUT2D eigenvalue weighted by Gasteiger charge is 2.18. The molecule has 0 unspecified atom stereocenters. The van der Waals surface area contributed by atoms with Gasteiger partial charge in [0.25, 0.3) is 0 Å². The van der Waals surface area contributed by atoms with E-state index in [0.29, 0.717) is 12.5 Å². The summed E-state index contributed by atoms with van der Waals surface area (Å²) in [4.78, 5) is 13.7. The van der Waals surface area contributed by atoms with Crippen molar-refractivity contribution in [3.05, 3.63) is 0 Å². The lowest BCUT2D eigenvalue weighted by atomic mass is 10.1. The van der Waals surface area contributed by atoms with Gasteiger partial charge in [-0.2, -0.15) is 0 Å². The van der Waals surface area contributed by atoms with Crippen molar-refractivity contribution in [2.75, 3.05) is 26.2 Å². The number of carbonyl (C=O) groups excluding carboxylic acids is 1. The highest BCUT2D eigenvalue weighted by Crippen LogP contribution is 2.23. The molecule has 0 spiro atoms. The van der Waals surface area contributed by atoms with Gasteiger partial charge in [-0.3, -0.25) is 4.79 Å². The van der Waals surface area contributed by atoms with Crippen LogP contribution in [-0.4, -0.2) is 37.0 Å². The van der Waals surface area contributed by atoms with E-state index >= 15 is 0 Å². The molecule has 0 atom stereocenters. The first-order valence-electron chi connectivity index (χ1n) is 6.35. The molecule has 15 heavy (non-hydrogen) atoms. The van der Waals surface area contributed by atoms with Gasteiger partial charge in [-0.25, -0.2) is 0 Å². The fourth-order valence-corrected chi connectivity index (χ4v) is 2.68. The molecule has 0 aromatic heterocycles. The summed E-state index contributed by atoms with van der Waals surface area (Å²) in [5, 5.41) is 3.31. The number of amides is 1. The first kappa shape index (κ1) is 10.9. The maximum atomic E-state index is 11.7. The number of rotatable bonds is 4. The van der Waals surface area contributed by atoms with E-state index in [9.17, 15) is 4.79 Å². The minimum atomic E-state index is 0.297. The van der Waals surface area contributed by atoms with Crippen LogP contribution in [0.5, 0.6) is 0 Å². The van der Waals surface area contributed by atoms with Gasteiger partial charge in [0.1, 0.15) is 0 Å². The lowest BCUT2D eigenvalue weighted by Crippen LogP contribution is -2.37. The van der Waals surface area contributed by atoms with E-state index in [1.807, 2.05) is 4.90 Å². The summed E-state index contributed by atoms with van der Waals surface area (Å²) in [5.41, 5.74) is 0. The predicted octanol–water partition coefficient (Wildman–Crippen LogP) is 1.39. The highest BCUT2D eigenvalue weighted by atomic mass is 16.2. The van der Waals surface area contributed by atoms with Crippen molar-refractivity contribution in [2.45, 2.75) is 38.5 Å². The van der Waals surface area contributed by atoms with Crippen molar-refractivity contribution < 1.29 is 4.79 Å². The van der Waals surface area contributed by atoms with Crippen LogP contribution in [0.4, 0.5) is 0 Å². The zero-order valence-corrected chi connectivity index (χ0v) is 9.50. The van der Waals surface area contributed by atoms with E-state index in [1.54, 1.807) is 0 Å². The molecule has 0 bridgehead atoms. The topological polar surface area (TPSA) is 32.3 Å². The fraction of sp³-hybridized carbons (Fsp3) is 0.917.